The van der Waals surface area contributed by atoms with Gasteiger partial charge in [-0.25, -0.2) is 4.79 Å². The Bertz CT molecular complexity index is 311. The molecule has 0 saturated carbocycles. The molecular weight excluding hydrogens is 196 g/mol. The Labute approximate surface area is 88.1 Å². The van der Waals surface area contributed by atoms with Crippen LogP contribution in [-0.2, 0) is 0 Å². The molecule has 1 rings (SSSR count). The lowest BCUT2D eigenvalue weighted by atomic mass is 10.3. The average Bonchev–Trinajstić information content (AvgIpc) is 2.25. The van der Waals surface area contributed by atoms with Gasteiger partial charge in [-0.15, -0.1) is 10.2 Å². The molecule has 0 atom stereocenters. The fourth-order valence-electron chi connectivity index (χ4n) is 1.04. The van der Waals surface area contributed by atoms with Crippen LogP contribution in [0.1, 0.15) is 36.7 Å². The van der Waals surface area contributed by atoms with E-state index in [0.717, 1.165) is 19.3 Å². The third-order valence-corrected chi connectivity index (χ3v) is 1.86. The molecular formula is C10H14N2O3. The molecule has 5 heteroatoms. The fourth-order valence-corrected chi connectivity index (χ4v) is 1.04. The molecule has 0 aliphatic heterocycles. The molecule has 1 N–H and O–H groups in total. The van der Waals surface area contributed by atoms with Crippen LogP contribution in [0.5, 0.6) is 5.88 Å². The van der Waals surface area contributed by atoms with E-state index in [-0.39, 0.29) is 5.69 Å². The summed E-state index contributed by atoms with van der Waals surface area (Å²) in [6.07, 6.45) is 3.21. The molecule has 0 aliphatic rings. The number of unbranched alkanes of at least 4 members (excludes halogenated alkanes) is 2. The van der Waals surface area contributed by atoms with Crippen molar-refractivity contribution in [2.24, 2.45) is 0 Å². The highest BCUT2D eigenvalue weighted by Crippen LogP contribution is 2.06. The van der Waals surface area contributed by atoms with Gasteiger partial charge < -0.3 is 9.84 Å². The number of nitrogens with zero attached hydrogens (tertiary/aromatic N) is 2. The first kappa shape index (κ1) is 11.4. The van der Waals surface area contributed by atoms with Gasteiger partial charge in [-0.1, -0.05) is 19.8 Å². The van der Waals surface area contributed by atoms with Gasteiger partial charge >= 0.3 is 5.97 Å². The van der Waals surface area contributed by atoms with Crippen LogP contribution < -0.4 is 4.74 Å². The summed E-state index contributed by atoms with van der Waals surface area (Å²) in [6, 6.07) is 2.90. The minimum atomic E-state index is -1.08. The van der Waals surface area contributed by atoms with Crippen LogP contribution >= 0.6 is 0 Å². The first-order chi connectivity index (χ1) is 7.24. The summed E-state index contributed by atoms with van der Waals surface area (Å²) < 4.78 is 5.28. The van der Waals surface area contributed by atoms with Crippen molar-refractivity contribution in [2.75, 3.05) is 6.61 Å². The average molecular weight is 210 g/mol. The monoisotopic (exact) mass is 210 g/mol. The lowest BCUT2D eigenvalue weighted by molar-refractivity contribution is 0.0689. The maximum Gasteiger partial charge on any atom is 0.356 e. The van der Waals surface area contributed by atoms with E-state index in [1.165, 1.54) is 12.1 Å². The minimum Gasteiger partial charge on any atom is -0.477 e. The zero-order valence-corrected chi connectivity index (χ0v) is 8.64. The van der Waals surface area contributed by atoms with Crippen LogP contribution in [0.3, 0.4) is 0 Å². The van der Waals surface area contributed by atoms with E-state index < -0.39 is 5.97 Å². The van der Waals surface area contributed by atoms with Crippen molar-refractivity contribution in [3.8, 4) is 5.88 Å². The molecule has 1 aromatic rings. The van der Waals surface area contributed by atoms with Gasteiger partial charge in [0.15, 0.2) is 5.69 Å². The summed E-state index contributed by atoms with van der Waals surface area (Å²) in [6.45, 7) is 2.70. The van der Waals surface area contributed by atoms with Crippen molar-refractivity contribution in [1.82, 2.24) is 10.2 Å². The Morgan fingerprint density at radius 3 is 2.73 bits per heavy atom. The molecule has 0 unspecified atom stereocenters. The van der Waals surface area contributed by atoms with E-state index in [1.54, 1.807) is 0 Å². The summed E-state index contributed by atoms with van der Waals surface area (Å²) >= 11 is 0. The van der Waals surface area contributed by atoms with Crippen molar-refractivity contribution < 1.29 is 14.6 Å². The second-order valence-corrected chi connectivity index (χ2v) is 3.12. The van der Waals surface area contributed by atoms with Gasteiger partial charge in [-0.05, 0) is 12.5 Å². The van der Waals surface area contributed by atoms with Gasteiger partial charge in [0.2, 0.25) is 5.88 Å². The third kappa shape index (κ3) is 3.93. The number of aromatic carboxylic acids is 1. The zero-order chi connectivity index (χ0) is 11.1. The van der Waals surface area contributed by atoms with Crippen LogP contribution in [0.25, 0.3) is 0 Å². The van der Waals surface area contributed by atoms with Crippen LogP contribution in [0, 0.1) is 0 Å². The fraction of sp³-hybridized carbons (Fsp3) is 0.500. The normalized spacial score (nSPS) is 9.93. The molecule has 0 spiro atoms. The van der Waals surface area contributed by atoms with Crippen molar-refractivity contribution in [1.29, 1.82) is 0 Å². The first-order valence-electron chi connectivity index (χ1n) is 4.94. The summed E-state index contributed by atoms with van der Waals surface area (Å²) in [5.41, 5.74) is -0.0732. The molecule has 0 fully saturated rings. The van der Waals surface area contributed by atoms with Crippen molar-refractivity contribution in [2.45, 2.75) is 26.2 Å². The summed E-state index contributed by atoms with van der Waals surface area (Å²) in [4.78, 5) is 10.5. The zero-order valence-electron chi connectivity index (χ0n) is 8.64. The Morgan fingerprint density at radius 1 is 1.40 bits per heavy atom. The Balaban J connectivity index is 2.39. The lowest BCUT2D eigenvalue weighted by Gasteiger charge is -2.03. The maximum atomic E-state index is 10.5. The van der Waals surface area contributed by atoms with Gasteiger partial charge in [-0.2, -0.15) is 0 Å². The highest BCUT2D eigenvalue weighted by Gasteiger charge is 2.04. The SMILES string of the molecule is CCCCCOc1ccc(C(=O)O)nn1. The molecule has 0 aliphatic carbocycles. The first-order valence-corrected chi connectivity index (χ1v) is 4.94. The van der Waals surface area contributed by atoms with E-state index >= 15 is 0 Å². The number of hydrogen-bond acceptors (Lipinski definition) is 4. The molecule has 1 heterocycles. The maximum absolute atomic E-state index is 10.5. The second kappa shape index (κ2) is 5.95. The topological polar surface area (TPSA) is 72.3 Å². The summed E-state index contributed by atoms with van der Waals surface area (Å²) in [5.74, 6) is -0.712. The molecule has 0 radical (unpaired) electrons. The van der Waals surface area contributed by atoms with Gasteiger partial charge in [0.1, 0.15) is 0 Å². The van der Waals surface area contributed by atoms with Gasteiger partial charge in [0.25, 0.3) is 0 Å². The number of carbonyl (C=O) groups is 1. The standard InChI is InChI=1S/C10H14N2O3/c1-2-3-4-7-15-9-6-5-8(10(13)14)11-12-9/h5-6H,2-4,7H2,1H3,(H,13,14). The van der Waals surface area contributed by atoms with Gasteiger partial charge in [-0.3, -0.25) is 0 Å². The predicted molar refractivity (Wildman–Crippen MR) is 54.0 cm³/mol. The largest absolute Gasteiger partial charge is 0.477 e. The predicted octanol–water partition coefficient (Wildman–Crippen LogP) is 1.74. The number of rotatable bonds is 6. The van der Waals surface area contributed by atoms with Crippen molar-refractivity contribution in [3.63, 3.8) is 0 Å². The number of carboxylic acid groups (broad SMARTS) is 1. The molecule has 1 aromatic heterocycles. The van der Waals surface area contributed by atoms with E-state index in [0.29, 0.717) is 12.5 Å². The molecule has 15 heavy (non-hydrogen) atoms. The van der Waals surface area contributed by atoms with E-state index in [4.69, 9.17) is 9.84 Å². The third-order valence-electron chi connectivity index (χ3n) is 1.86. The van der Waals surface area contributed by atoms with Gasteiger partial charge in [0, 0.05) is 6.07 Å². The minimum absolute atomic E-state index is 0.0732. The highest BCUT2D eigenvalue weighted by molar-refractivity contribution is 5.84. The van der Waals surface area contributed by atoms with Crippen LogP contribution in [0.15, 0.2) is 12.1 Å². The van der Waals surface area contributed by atoms with Crippen LogP contribution in [-0.4, -0.2) is 27.9 Å². The smallest absolute Gasteiger partial charge is 0.356 e. The lowest BCUT2D eigenvalue weighted by Crippen LogP contribution is -2.04. The molecule has 0 saturated heterocycles. The molecule has 0 amide bonds. The van der Waals surface area contributed by atoms with E-state index in [2.05, 4.69) is 17.1 Å². The van der Waals surface area contributed by atoms with Crippen LogP contribution in [0.4, 0.5) is 0 Å². The number of ether oxygens (including phenoxy) is 1. The molecule has 0 aromatic carbocycles. The van der Waals surface area contributed by atoms with E-state index in [9.17, 15) is 4.79 Å². The number of hydrogen-bond donors (Lipinski definition) is 1. The Morgan fingerprint density at radius 2 is 2.20 bits per heavy atom. The Hall–Kier alpha value is -1.65. The van der Waals surface area contributed by atoms with Gasteiger partial charge in [0.05, 0.1) is 6.61 Å². The summed E-state index contributed by atoms with van der Waals surface area (Å²) in [7, 11) is 0. The van der Waals surface area contributed by atoms with Crippen LogP contribution in [0.2, 0.25) is 0 Å². The van der Waals surface area contributed by atoms with E-state index in [1.807, 2.05) is 0 Å². The van der Waals surface area contributed by atoms with Crippen molar-refractivity contribution in [3.05, 3.63) is 17.8 Å². The second-order valence-electron chi connectivity index (χ2n) is 3.12. The summed E-state index contributed by atoms with van der Waals surface area (Å²) in [5, 5.41) is 15.7. The number of aromatic nitrogens is 2. The molecule has 82 valence electrons. The quantitative estimate of drug-likeness (QED) is 0.724. The Kier molecular flexibility index (Phi) is 4.53. The van der Waals surface area contributed by atoms with Crippen molar-refractivity contribution >= 4 is 5.97 Å². The highest BCUT2D eigenvalue weighted by atomic mass is 16.5. The number of carboxylic acids is 1. The molecule has 5 nitrogen and oxygen atoms in total. The molecule has 0 bridgehead atoms.